The Morgan fingerprint density at radius 1 is 1.07 bits per heavy atom. The quantitative estimate of drug-likeness (QED) is 0.529. The molecule has 3 aromatic rings. The van der Waals surface area contributed by atoms with E-state index >= 15 is 0 Å². The number of carboxylic acids is 1. The fourth-order valence-electron chi connectivity index (χ4n) is 2.91. The second-order valence-corrected chi connectivity index (χ2v) is 6.56. The maximum Gasteiger partial charge on any atom is 0.333 e. The topological polar surface area (TPSA) is 103 Å². The molecule has 1 aliphatic heterocycles. The van der Waals surface area contributed by atoms with Crippen LogP contribution in [0.3, 0.4) is 0 Å². The van der Waals surface area contributed by atoms with Crippen LogP contribution in [0.4, 0.5) is 10.5 Å². The fraction of sp³-hybridized carbons (Fsp3) is 0. The molecule has 1 aliphatic rings. The number of carboxylic acid groups (broad SMARTS) is 1. The Bertz CT molecular complexity index is 1170. The third kappa shape index (κ3) is 3.51. The van der Waals surface area contributed by atoms with E-state index in [0.717, 1.165) is 4.90 Å². The van der Waals surface area contributed by atoms with E-state index in [4.69, 9.17) is 16.0 Å². The van der Waals surface area contributed by atoms with Gasteiger partial charge in [0.1, 0.15) is 17.2 Å². The summed E-state index contributed by atoms with van der Waals surface area (Å²) in [5.41, 5.74) is 0.821. The molecule has 2 heterocycles. The molecule has 1 fully saturated rings. The number of benzene rings is 2. The minimum Gasteiger partial charge on any atom is -0.545 e. The van der Waals surface area contributed by atoms with Crippen molar-refractivity contribution in [2.75, 3.05) is 4.90 Å². The number of aromatic carboxylic acids is 1. The summed E-state index contributed by atoms with van der Waals surface area (Å²) in [4.78, 5) is 36.9. The monoisotopic (exact) mass is 407 g/mol. The number of carbonyl (C=O) groups is 3. The van der Waals surface area contributed by atoms with Crippen LogP contribution >= 0.6 is 11.6 Å². The Kier molecular flexibility index (Phi) is 4.66. The Labute approximate surface area is 169 Å². The van der Waals surface area contributed by atoms with E-state index in [0.29, 0.717) is 22.0 Å². The molecule has 0 unspecified atom stereocenters. The van der Waals surface area contributed by atoms with Crippen LogP contribution in [0.1, 0.15) is 16.1 Å². The van der Waals surface area contributed by atoms with Gasteiger partial charge in [0.15, 0.2) is 0 Å². The summed E-state index contributed by atoms with van der Waals surface area (Å²) in [6, 6.07) is 15.2. The Balaban J connectivity index is 1.64. The summed E-state index contributed by atoms with van der Waals surface area (Å²) in [7, 11) is 0. The molecule has 0 bridgehead atoms. The van der Waals surface area contributed by atoms with Crippen LogP contribution in [0.25, 0.3) is 17.4 Å². The number of furan rings is 1. The smallest absolute Gasteiger partial charge is 0.333 e. The Hall–Kier alpha value is -3.84. The van der Waals surface area contributed by atoms with Crippen molar-refractivity contribution in [3.63, 3.8) is 0 Å². The zero-order chi connectivity index (χ0) is 20.5. The summed E-state index contributed by atoms with van der Waals surface area (Å²) in [5, 5.41) is 13.9. The lowest BCUT2D eigenvalue weighted by Crippen LogP contribution is -2.30. The highest BCUT2D eigenvalue weighted by atomic mass is 35.5. The van der Waals surface area contributed by atoms with E-state index in [1.807, 2.05) is 0 Å². The first-order valence-electron chi connectivity index (χ1n) is 8.47. The molecule has 0 radical (unpaired) electrons. The maximum atomic E-state index is 12.6. The van der Waals surface area contributed by atoms with Crippen LogP contribution in [0.2, 0.25) is 5.02 Å². The van der Waals surface area contributed by atoms with E-state index in [-0.39, 0.29) is 17.0 Å². The summed E-state index contributed by atoms with van der Waals surface area (Å²) in [6.45, 7) is 0. The highest BCUT2D eigenvalue weighted by Crippen LogP contribution is 2.31. The van der Waals surface area contributed by atoms with Gasteiger partial charge in [0.05, 0.1) is 16.7 Å². The number of hydrogen-bond donors (Lipinski definition) is 1. The third-order valence-corrected chi connectivity index (χ3v) is 4.60. The molecule has 0 atom stereocenters. The number of amides is 3. The van der Waals surface area contributed by atoms with Crippen molar-refractivity contribution in [2.45, 2.75) is 0 Å². The first-order valence-corrected chi connectivity index (χ1v) is 8.85. The van der Waals surface area contributed by atoms with Crippen molar-refractivity contribution in [2.24, 2.45) is 0 Å². The molecule has 0 saturated carbocycles. The summed E-state index contributed by atoms with van der Waals surface area (Å²) < 4.78 is 5.68. The van der Waals surface area contributed by atoms with Crippen LogP contribution < -0.4 is 15.3 Å². The van der Waals surface area contributed by atoms with Gasteiger partial charge in [-0.2, -0.15) is 0 Å². The molecule has 0 spiro atoms. The average molecular weight is 408 g/mol. The second kappa shape index (κ2) is 7.29. The zero-order valence-corrected chi connectivity index (χ0v) is 15.5. The van der Waals surface area contributed by atoms with Gasteiger partial charge in [0.25, 0.3) is 5.91 Å². The number of urea groups is 1. The molecule has 0 aliphatic carbocycles. The van der Waals surface area contributed by atoms with E-state index < -0.39 is 17.9 Å². The molecule has 1 aromatic heterocycles. The molecule has 144 valence electrons. The predicted molar refractivity (Wildman–Crippen MR) is 104 cm³/mol. The minimum absolute atomic E-state index is 0.0440. The van der Waals surface area contributed by atoms with E-state index in [9.17, 15) is 19.5 Å². The summed E-state index contributed by atoms with van der Waals surface area (Å²) in [5.74, 6) is -1.26. The van der Waals surface area contributed by atoms with Crippen molar-refractivity contribution in [1.29, 1.82) is 0 Å². The van der Waals surface area contributed by atoms with Gasteiger partial charge < -0.3 is 19.6 Å². The molecular weight excluding hydrogens is 396 g/mol. The number of hydrogen-bond acceptors (Lipinski definition) is 5. The van der Waals surface area contributed by atoms with E-state index in [1.165, 1.54) is 24.3 Å². The van der Waals surface area contributed by atoms with Crippen molar-refractivity contribution in [3.05, 3.63) is 82.7 Å². The molecule has 4 rings (SSSR count). The predicted octanol–water partition coefficient (Wildman–Crippen LogP) is 3.06. The van der Waals surface area contributed by atoms with Crippen molar-refractivity contribution in [3.8, 4) is 11.3 Å². The molecule has 1 N–H and O–H groups in total. The van der Waals surface area contributed by atoms with Gasteiger partial charge in [-0.3, -0.25) is 4.79 Å². The number of anilines is 1. The summed E-state index contributed by atoms with van der Waals surface area (Å²) >= 11 is 6.14. The number of nitrogens with zero attached hydrogens (tertiary/aromatic N) is 1. The SMILES string of the molecule is O=C([O-])c1ccc(Cl)c(-c2ccc(/C=C3/NC(=O)N(c4ccccc4)C3=O)o2)c1. The maximum absolute atomic E-state index is 12.6. The highest BCUT2D eigenvalue weighted by Gasteiger charge is 2.34. The number of carbonyl (C=O) groups excluding carboxylic acids is 3. The Morgan fingerprint density at radius 3 is 2.55 bits per heavy atom. The Morgan fingerprint density at radius 2 is 1.83 bits per heavy atom. The molecule has 1 saturated heterocycles. The zero-order valence-electron chi connectivity index (χ0n) is 14.7. The van der Waals surface area contributed by atoms with Crippen molar-refractivity contribution in [1.82, 2.24) is 5.32 Å². The number of rotatable bonds is 4. The molecule has 7 nitrogen and oxygen atoms in total. The molecule has 2 aromatic carbocycles. The lowest BCUT2D eigenvalue weighted by atomic mass is 10.1. The lowest BCUT2D eigenvalue weighted by molar-refractivity contribution is -0.255. The van der Waals surface area contributed by atoms with E-state index in [1.54, 1.807) is 42.5 Å². The van der Waals surface area contributed by atoms with Gasteiger partial charge in [0.2, 0.25) is 0 Å². The van der Waals surface area contributed by atoms with Gasteiger partial charge >= 0.3 is 6.03 Å². The molecule has 29 heavy (non-hydrogen) atoms. The fourth-order valence-corrected chi connectivity index (χ4v) is 3.12. The van der Waals surface area contributed by atoms with E-state index in [2.05, 4.69) is 5.32 Å². The van der Waals surface area contributed by atoms with Crippen LogP contribution in [-0.4, -0.2) is 17.9 Å². The molecule has 8 heteroatoms. The van der Waals surface area contributed by atoms with Crippen LogP contribution in [-0.2, 0) is 4.79 Å². The lowest BCUT2D eigenvalue weighted by Gasteiger charge is -2.10. The number of para-hydroxylation sites is 1. The first-order chi connectivity index (χ1) is 13.9. The average Bonchev–Trinajstić information content (AvgIpc) is 3.27. The van der Waals surface area contributed by atoms with Gasteiger partial charge in [-0.25, -0.2) is 9.69 Å². The number of imide groups is 1. The standard InChI is InChI=1S/C21H13ClN2O5/c22-16-8-6-12(20(26)27)10-15(16)18-9-7-14(29-18)11-17-19(25)24(21(28)23-17)13-4-2-1-3-5-13/h1-11H,(H,23,28)(H,26,27)/p-1/b17-11+. The van der Waals surface area contributed by atoms with Crippen LogP contribution in [0.15, 0.2) is 70.8 Å². The number of nitrogens with one attached hydrogen (secondary N) is 1. The van der Waals surface area contributed by atoms with Crippen molar-refractivity contribution < 1.29 is 23.9 Å². The third-order valence-electron chi connectivity index (χ3n) is 4.27. The van der Waals surface area contributed by atoms with Crippen LogP contribution in [0, 0.1) is 0 Å². The van der Waals surface area contributed by atoms with Gasteiger partial charge in [-0.15, -0.1) is 0 Å². The summed E-state index contributed by atoms with van der Waals surface area (Å²) in [6.07, 6.45) is 1.39. The highest BCUT2D eigenvalue weighted by molar-refractivity contribution is 6.33. The minimum atomic E-state index is -1.34. The second-order valence-electron chi connectivity index (χ2n) is 6.15. The van der Waals surface area contributed by atoms with Crippen LogP contribution in [0.5, 0.6) is 0 Å². The number of halogens is 1. The molecule has 3 amide bonds. The van der Waals surface area contributed by atoms with Crippen molar-refractivity contribution >= 4 is 41.3 Å². The van der Waals surface area contributed by atoms with Gasteiger partial charge in [-0.05, 0) is 42.0 Å². The first kappa shape index (κ1) is 18.5. The van der Waals surface area contributed by atoms with Gasteiger partial charge in [0, 0.05) is 11.6 Å². The molecular formula is C21H12ClN2O5-. The normalized spacial score (nSPS) is 15.1. The van der Waals surface area contributed by atoms with Gasteiger partial charge in [-0.1, -0.05) is 35.9 Å². The largest absolute Gasteiger partial charge is 0.545 e.